The zero-order valence-electron chi connectivity index (χ0n) is 8.86. The van der Waals surface area contributed by atoms with Crippen molar-refractivity contribution in [1.82, 2.24) is 25.1 Å². The minimum absolute atomic E-state index is 0.276. The molecule has 3 aromatic heterocycles. The van der Waals surface area contributed by atoms with Gasteiger partial charge in [0.25, 0.3) is 11.8 Å². The topological polar surface area (TPSA) is 90.7 Å². The van der Waals surface area contributed by atoms with Crippen LogP contribution >= 0.6 is 0 Å². The third-order valence-corrected chi connectivity index (χ3v) is 2.10. The first-order valence-corrected chi connectivity index (χ1v) is 4.84. The van der Waals surface area contributed by atoms with Crippen molar-refractivity contribution < 1.29 is 8.83 Å². The van der Waals surface area contributed by atoms with E-state index in [0.717, 1.165) is 0 Å². The van der Waals surface area contributed by atoms with E-state index in [2.05, 4.69) is 25.1 Å². The van der Waals surface area contributed by atoms with Crippen LogP contribution in [0.15, 0.2) is 33.8 Å². The first kappa shape index (κ1) is 9.64. The second kappa shape index (κ2) is 3.78. The Kier molecular flexibility index (Phi) is 2.14. The molecule has 3 rings (SSSR count). The van der Waals surface area contributed by atoms with Crippen LogP contribution in [-0.4, -0.2) is 25.1 Å². The van der Waals surface area contributed by atoms with Gasteiger partial charge in [0, 0.05) is 12.4 Å². The lowest BCUT2D eigenvalue weighted by Gasteiger charge is -1.93. The third kappa shape index (κ3) is 1.78. The lowest BCUT2D eigenvalue weighted by atomic mass is 10.3. The van der Waals surface area contributed by atoms with Gasteiger partial charge in [0.15, 0.2) is 6.39 Å². The van der Waals surface area contributed by atoms with E-state index in [9.17, 15) is 0 Å². The zero-order chi connectivity index (χ0) is 11.7. The number of aryl methyl sites for hydroxylation is 1. The van der Waals surface area contributed by atoms with Crippen molar-refractivity contribution in [2.75, 3.05) is 0 Å². The van der Waals surface area contributed by atoms with Crippen LogP contribution in [-0.2, 0) is 0 Å². The van der Waals surface area contributed by atoms with Crippen molar-refractivity contribution in [1.29, 1.82) is 0 Å². The van der Waals surface area contributed by atoms with Crippen LogP contribution in [0, 0.1) is 6.92 Å². The van der Waals surface area contributed by atoms with Gasteiger partial charge >= 0.3 is 0 Å². The molecule has 0 radical (unpaired) electrons. The summed E-state index contributed by atoms with van der Waals surface area (Å²) in [5.41, 5.74) is 0.661. The molecule has 84 valence electrons. The van der Waals surface area contributed by atoms with Crippen molar-refractivity contribution in [3.05, 3.63) is 30.8 Å². The van der Waals surface area contributed by atoms with Crippen molar-refractivity contribution in [2.24, 2.45) is 0 Å². The number of hydrogen-bond acceptors (Lipinski definition) is 7. The fourth-order valence-electron chi connectivity index (χ4n) is 1.26. The van der Waals surface area contributed by atoms with E-state index in [1.165, 1.54) is 12.6 Å². The lowest BCUT2D eigenvalue weighted by molar-refractivity contribution is 0.519. The van der Waals surface area contributed by atoms with E-state index >= 15 is 0 Å². The van der Waals surface area contributed by atoms with Gasteiger partial charge in [0.05, 0.1) is 11.8 Å². The van der Waals surface area contributed by atoms with Crippen molar-refractivity contribution in [2.45, 2.75) is 6.92 Å². The van der Waals surface area contributed by atoms with Crippen LogP contribution in [0.3, 0.4) is 0 Å². The second-order valence-corrected chi connectivity index (χ2v) is 3.30. The van der Waals surface area contributed by atoms with Gasteiger partial charge in [0.1, 0.15) is 5.82 Å². The first-order chi connectivity index (χ1) is 8.33. The maximum atomic E-state index is 5.42. The molecule has 7 nitrogen and oxygen atoms in total. The summed E-state index contributed by atoms with van der Waals surface area (Å²) in [6, 6.07) is 0. The van der Waals surface area contributed by atoms with Crippen LogP contribution in [0.5, 0.6) is 0 Å². The maximum absolute atomic E-state index is 5.42. The molecule has 0 aliphatic heterocycles. The third-order valence-electron chi connectivity index (χ3n) is 2.10. The normalized spacial score (nSPS) is 10.6. The number of aromatic nitrogens is 5. The Labute approximate surface area is 95.6 Å². The summed E-state index contributed by atoms with van der Waals surface area (Å²) < 4.78 is 10.5. The molecule has 0 amide bonds. The summed E-state index contributed by atoms with van der Waals surface area (Å²) in [7, 11) is 0. The van der Waals surface area contributed by atoms with Gasteiger partial charge in [-0.1, -0.05) is 0 Å². The number of hydrogen-bond donors (Lipinski definition) is 0. The monoisotopic (exact) mass is 229 g/mol. The summed E-state index contributed by atoms with van der Waals surface area (Å²) in [6.07, 6.45) is 6.05. The first-order valence-electron chi connectivity index (χ1n) is 4.84. The number of oxazole rings is 1. The molecule has 3 heterocycles. The highest BCUT2D eigenvalue weighted by molar-refractivity contribution is 5.52. The van der Waals surface area contributed by atoms with Crippen molar-refractivity contribution in [3.8, 4) is 23.1 Å². The Bertz CT molecular complexity index is 614. The Morgan fingerprint density at radius 3 is 2.47 bits per heavy atom. The molecule has 0 spiro atoms. The molecule has 0 saturated carbocycles. The molecule has 17 heavy (non-hydrogen) atoms. The molecular formula is C10H7N5O2. The average Bonchev–Trinajstić information content (AvgIpc) is 3.00. The van der Waals surface area contributed by atoms with Crippen molar-refractivity contribution >= 4 is 0 Å². The van der Waals surface area contributed by atoms with Gasteiger partial charge in [-0.05, 0) is 6.92 Å². The van der Waals surface area contributed by atoms with Gasteiger partial charge in [0.2, 0.25) is 5.76 Å². The molecule has 0 aliphatic rings. The van der Waals surface area contributed by atoms with Gasteiger partial charge in [-0.2, -0.15) is 0 Å². The van der Waals surface area contributed by atoms with E-state index in [0.29, 0.717) is 23.0 Å². The fourth-order valence-corrected chi connectivity index (χ4v) is 1.26. The molecule has 0 aliphatic carbocycles. The molecule has 7 heteroatoms. The van der Waals surface area contributed by atoms with Gasteiger partial charge in [-0.15, -0.1) is 10.2 Å². The van der Waals surface area contributed by atoms with Crippen LogP contribution in [0.1, 0.15) is 5.82 Å². The van der Waals surface area contributed by atoms with Crippen LogP contribution in [0.25, 0.3) is 23.1 Å². The van der Waals surface area contributed by atoms with Gasteiger partial charge in [-0.25, -0.2) is 15.0 Å². The largest absolute Gasteiger partial charge is 0.438 e. The molecule has 3 aromatic rings. The Morgan fingerprint density at radius 1 is 1.00 bits per heavy atom. The highest BCUT2D eigenvalue weighted by atomic mass is 16.4. The minimum atomic E-state index is 0.276. The molecule has 0 unspecified atom stereocenters. The average molecular weight is 229 g/mol. The summed E-state index contributed by atoms with van der Waals surface area (Å²) in [6.45, 7) is 1.80. The zero-order valence-corrected chi connectivity index (χ0v) is 8.86. The Balaban J connectivity index is 1.98. The van der Waals surface area contributed by atoms with Gasteiger partial charge < -0.3 is 8.83 Å². The van der Waals surface area contributed by atoms with E-state index in [-0.39, 0.29) is 5.89 Å². The standard InChI is InChI=1S/C10H7N5O2/c1-6-12-2-7(3-13-6)9-14-15-10(17-9)8-4-11-5-16-8/h2-5H,1H3. The van der Waals surface area contributed by atoms with E-state index in [1.807, 2.05) is 0 Å². The van der Waals surface area contributed by atoms with Crippen LogP contribution in [0.2, 0.25) is 0 Å². The molecular weight excluding hydrogens is 222 g/mol. The number of rotatable bonds is 2. The van der Waals surface area contributed by atoms with E-state index < -0.39 is 0 Å². The van der Waals surface area contributed by atoms with E-state index in [4.69, 9.17) is 8.83 Å². The Hall–Kier alpha value is -2.57. The summed E-state index contributed by atoms with van der Waals surface area (Å²) >= 11 is 0. The highest BCUT2D eigenvalue weighted by Gasteiger charge is 2.13. The fraction of sp³-hybridized carbons (Fsp3) is 0.100. The number of nitrogens with zero attached hydrogens (tertiary/aromatic N) is 5. The quantitative estimate of drug-likeness (QED) is 0.657. The summed E-state index contributed by atoms with van der Waals surface area (Å²) in [5, 5.41) is 7.74. The molecule has 0 N–H and O–H groups in total. The maximum Gasteiger partial charge on any atom is 0.285 e. The second-order valence-electron chi connectivity index (χ2n) is 3.30. The van der Waals surface area contributed by atoms with Crippen LogP contribution < -0.4 is 0 Å². The smallest absolute Gasteiger partial charge is 0.285 e. The summed E-state index contributed by atoms with van der Waals surface area (Å²) in [4.78, 5) is 11.9. The molecule has 0 aromatic carbocycles. The molecule has 0 fully saturated rings. The van der Waals surface area contributed by atoms with Crippen LogP contribution in [0.4, 0.5) is 0 Å². The Morgan fingerprint density at radius 2 is 1.76 bits per heavy atom. The lowest BCUT2D eigenvalue weighted by Crippen LogP contribution is -1.87. The highest BCUT2D eigenvalue weighted by Crippen LogP contribution is 2.22. The molecule has 0 bridgehead atoms. The summed E-state index contributed by atoms with van der Waals surface area (Å²) in [5.74, 6) is 1.73. The molecule has 0 atom stereocenters. The minimum Gasteiger partial charge on any atom is -0.438 e. The SMILES string of the molecule is Cc1ncc(-c2nnc(-c3cnco3)o2)cn1. The predicted molar refractivity (Wildman–Crippen MR) is 55.6 cm³/mol. The molecule has 0 saturated heterocycles. The van der Waals surface area contributed by atoms with Crippen molar-refractivity contribution in [3.63, 3.8) is 0 Å². The van der Waals surface area contributed by atoms with E-state index in [1.54, 1.807) is 19.3 Å². The predicted octanol–water partition coefficient (Wildman–Crippen LogP) is 1.49. The van der Waals surface area contributed by atoms with Gasteiger partial charge in [-0.3, -0.25) is 0 Å².